The van der Waals surface area contributed by atoms with Gasteiger partial charge in [0.05, 0.1) is 12.2 Å². The lowest BCUT2D eigenvalue weighted by atomic mass is 9.80. The first kappa shape index (κ1) is 12.8. The minimum Gasteiger partial charge on any atom is -0.462 e. The van der Waals surface area contributed by atoms with E-state index in [1.54, 1.807) is 0 Å². The van der Waals surface area contributed by atoms with Gasteiger partial charge in [0.2, 0.25) is 0 Å². The third-order valence-electron chi connectivity index (χ3n) is 3.04. The maximum atomic E-state index is 11.8. The van der Waals surface area contributed by atoms with E-state index >= 15 is 0 Å². The SMILES string of the molecule is CCOC(=O)c1ccccc1C(C)(C)CC. The minimum absolute atomic E-state index is 0.00333. The fraction of sp³-hybridized carbons (Fsp3) is 0.500. The van der Waals surface area contributed by atoms with Crippen LogP contribution in [0.4, 0.5) is 0 Å². The third-order valence-corrected chi connectivity index (χ3v) is 3.04. The van der Waals surface area contributed by atoms with Gasteiger partial charge in [-0.15, -0.1) is 0 Å². The van der Waals surface area contributed by atoms with Gasteiger partial charge in [0.1, 0.15) is 0 Å². The Morgan fingerprint density at radius 3 is 2.44 bits per heavy atom. The predicted molar refractivity (Wildman–Crippen MR) is 65.7 cm³/mol. The number of carbonyl (C=O) groups is 1. The normalized spacial score (nSPS) is 11.2. The van der Waals surface area contributed by atoms with Gasteiger partial charge in [0.25, 0.3) is 0 Å². The first-order valence-electron chi connectivity index (χ1n) is 5.79. The Morgan fingerprint density at radius 1 is 1.25 bits per heavy atom. The molecule has 0 bridgehead atoms. The molecule has 0 aromatic heterocycles. The van der Waals surface area contributed by atoms with Crippen LogP contribution in [0.15, 0.2) is 24.3 Å². The monoisotopic (exact) mass is 220 g/mol. The second-order valence-corrected chi connectivity index (χ2v) is 4.50. The zero-order valence-corrected chi connectivity index (χ0v) is 10.5. The number of hydrogen-bond acceptors (Lipinski definition) is 2. The van der Waals surface area contributed by atoms with Gasteiger partial charge in [-0.25, -0.2) is 4.79 Å². The summed E-state index contributed by atoms with van der Waals surface area (Å²) >= 11 is 0. The predicted octanol–water partition coefficient (Wildman–Crippen LogP) is 3.55. The molecule has 0 aliphatic rings. The van der Waals surface area contributed by atoms with Crippen LogP contribution in [0.2, 0.25) is 0 Å². The highest BCUT2D eigenvalue weighted by Gasteiger charge is 2.24. The van der Waals surface area contributed by atoms with Crippen LogP contribution < -0.4 is 0 Å². The molecule has 0 spiro atoms. The summed E-state index contributed by atoms with van der Waals surface area (Å²) in [7, 11) is 0. The van der Waals surface area contributed by atoms with E-state index in [0.29, 0.717) is 12.2 Å². The summed E-state index contributed by atoms with van der Waals surface area (Å²) in [5.74, 6) is -0.223. The number of esters is 1. The maximum absolute atomic E-state index is 11.8. The van der Waals surface area contributed by atoms with Crippen molar-refractivity contribution >= 4 is 5.97 Å². The molecule has 0 saturated heterocycles. The molecule has 88 valence electrons. The van der Waals surface area contributed by atoms with E-state index < -0.39 is 0 Å². The summed E-state index contributed by atoms with van der Waals surface area (Å²) in [5.41, 5.74) is 1.76. The quantitative estimate of drug-likeness (QED) is 0.725. The summed E-state index contributed by atoms with van der Waals surface area (Å²) in [6, 6.07) is 7.69. The van der Waals surface area contributed by atoms with Crippen molar-refractivity contribution in [3.05, 3.63) is 35.4 Å². The van der Waals surface area contributed by atoms with Gasteiger partial charge in [0.15, 0.2) is 0 Å². The number of rotatable bonds is 4. The first-order valence-corrected chi connectivity index (χ1v) is 5.79. The van der Waals surface area contributed by atoms with E-state index in [1.807, 2.05) is 31.2 Å². The highest BCUT2D eigenvalue weighted by molar-refractivity contribution is 5.91. The average Bonchev–Trinajstić information content (AvgIpc) is 2.29. The highest BCUT2D eigenvalue weighted by Crippen LogP contribution is 2.29. The summed E-state index contributed by atoms with van der Waals surface area (Å²) < 4.78 is 5.07. The molecule has 0 heterocycles. The molecule has 0 fully saturated rings. The lowest BCUT2D eigenvalue weighted by molar-refractivity contribution is 0.0523. The molecule has 1 aromatic rings. The second-order valence-electron chi connectivity index (χ2n) is 4.50. The van der Waals surface area contributed by atoms with Gasteiger partial charge in [-0.05, 0) is 30.4 Å². The lowest BCUT2D eigenvalue weighted by Gasteiger charge is -2.25. The van der Waals surface area contributed by atoms with Crippen molar-refractivity contribution in [2.24, 2.45) is 0 Å². The van der Waals surface area contributed by atoms with E-state index in [4.69, 9.17) is 4.74 Å². The number of ether oxygens (including phenoxy) is 1. The van der Waals surface area contributed by atoms with Crippen LogP contribution in [0.5, 0.6) is 0 Å². The molecule has 0 amide bonds. The van der Waals surface area contributed by atoms with Crippen molar-refractivity contribution in [3.8, 4) is 0 Å². The largest absolute Gasteiger partial charge is 0.462 e. The summed E-state index contributed by atoms with van der Waals surface area (Å²) in [4.78, 5) is 11.8. The number of hydrogen-bond donors (Lipinski definition) is 0. The average molecular weight is 220 g/mol. The van der Waals surface area contributed by atoms with Gasteiger partial charge >= 0.3 is 5.97 Å². The van der Waals surface area contributed by atoms with Crippen LogP contribution in [0, 0.1) is 0 Å². The smallest absolute Gasteiger partial charge is 0.338 e. The van der Waals surface area contributed by atoms with Crippen LogP contribution in [0.25, 0.3) is 0 Å². The summed E-state index contributed by atoms with van der Waals surface area (Å²) in [6.45, 7) is 8.66. The molecule has 2 heteroatoms. The van der Waals surface area contributed by atoms with Crippen molar-refractivity contribution in [1.29, 1.82) is 0 Å². The zero-order valence-electron chi connectivity index (χ0n) is 10.5. The Labute approximate surface area is 97.6 Å². The molecule has 0 aliphatic carbocycles. The standard InChI is InChI=1S/C14H20O2/c1-5-14(3,4)12-10-8-7-9-11(12)13(15)16-6-2/h7-10H,5-6H2,1-4H3. The van der Waals surface area contributed by atoms with E-state index in [0.717, 1.165) is 12.0 Å². The third kappa shape index (κ3) is 2.63. The topological polar surface area (TPSA) is 26.3 Å². The number of carbonyl (C=O) groups excluding carboxylic acids is 1. The second kappa shape index (κ2) is 5.15. The van der Waals surface area contributed by atoms with Crippen LogP contribution in [-0.2, 0) is 10.2 Å². The van der Waals surface area contributed by atoms with Crippen molar-refractivity contribution in [1.82, 2.24) is 0 Å². The van der Waals surface area contributed by atoms with E-state index in [9.17, 15) is 4.79 Å². The molecular weight excluding hydrogens is 200 g/mol. The molecule has 2 nitrogen and oxygen atoms in total. The van der Waals surface area contributed by atoms with E-state index in [2.05, 4.69) is 20.8 Å². The molecular formula is C14H20O2. The fourth-order valence-corrected chi connectivity index (χ4v) is 1.65. The summed E-state index contributed by atoms with van der Waals surface area (Å²) in [6.07, 6.45) is 0.990. The molecule has 0 aliphatic heterocycles. The Balaban J connectivity index is 3.15. The summed E-state index contributed by atoms with van der Waals surface area (Å²) in [5, 5.41) is 0. The molecule has 1 aromatic carbocycles. The fourth-order valence-electron chi connectivity index (χ4n) is 1.65. The van der Waals surface area contributed by atoms with Gasteiger partial charge in [-0.3, -0.25) is 0 Å². The first-order chi connectivity index (χ1) is 7.53. The van der Waals surface area contributed by atoms with Crippen molar-refractivity contribution in [2.75, 3.05) is 6.61 Å². The molecule has 0 atom stereocenters. The Kier molecular flexibility index (Phi) is 4.11. The molecule has 0 N–H and O–H groups in total. The van der Waals surface area contributed by atoms with Crippen molar-refractivity contribution in [3.63, 3.8) is 0 Å². The molecule has 16 heavy (non-hydrogen) atoms. The lowest BCUT2D eigenvalue weighted by Crippen LogP contribution is -2.20. The van der Waals surface area contributed by atoms with Crippen molar-refractivity contribution in [2.45, 2.75) is 39.5 Å². The van der Waals surface area contributed by atoms with Gasteiger partial charge in [-0.1, -0.05) is 39.0 Å². The van der Waals surface area contributed by atoms with Gasteiger partial charge < -0.3 is 4.74 Å². The highest BCUT2D eigenvalue weighted by atomic mass is 16.5. The molecule has 0 saturated carbocycles. The number of benzene rings is 1. The van der Waals surface area contributed by atoms with Crippen LogP contribution in [0.3, 0.4) is 0 Å². The zero-order chi connectivity index (χ0) is 12.2. The molecule has 0 radical (unpaired) electrons. The van der Waals surface area contributed by atoms with Crippen LogP contribution in [0.1, 0.15) is 50.0 Å². The van der Waals surface area contributed by atoms with Gasteiger partial charge in [0, 0.05) is 0 Å². The Hall–Kier alpha value is -1.31. The molecule has 0 unspecified atom stereocenters. The van der Waals surface area contributed by atoms with Crippen molar-refractivity contribution < 1.29 is 9.53 Å². The maximum Gasteiger partial charge on any atom is 0.338 e. The van der Waals surface area contributed by atoms with E-state index in [1.165, 1.54) is 0 Å². The minimum atomic E-state index is -0.223. The van der Waals surface area contributed by atoms with E-state index in [-0.39, 0.29) is 11.4 Å². The van der Waals surface area contributed by atoms with Crippen LogP contribution in [-0.4, -0.2) is 12.6 Å². The van der Waals surface area contributed by atoms with Gasteiger partial charge in [-0.2, -0.15) is 0 Å². The molecule has 1 rings (SSSR count). The van der Waals surface area contributed by atoms with Crippen LogP contribution >= 0.6 is 0 Å². The Morgan fingerprint density at radius 2 is 1.88 bits per heavy atom. The Bertz CT molecular complexity index is 367.